The smallest absolute Gasteiger partial charge is 0.226 e. The highest BCUT2D eigenvalue weighted by Crippen LogP contribution is 2.18. The maximum Gasteiger partial charge on any atom is 0.226 e. The fourth-order valence-corrected chi connectivity index (χ4v) is 1.11. The molecular weight excluding hydrogens is 200 g/mol. The van der Waals surface area contributed by atoms with Crippen molar-refractivity contribution in [3.63, 3.8) is 0 Å². The number of pyridine rings is 1. The molecule has 0 bridgehead atoms. The van der Waals surface area contributed by atoms with Crippen LogP contribution in [0.3, 0.4) is 0 Å². The van der Waals surface area contributed by atoms with E-state index in [1.54, 1.807) is 12.3 Å². The summed E-state index contributed by atoms with van der Waals surface area (Å²) in [6.45, 7) is 10.1. The summed E-state index contributed by atoms with van der Waals surface area (Å²) in [4.78, 5) is 15.5. The highest BCUT2D eigenvalue weighted by atomic mass is 16.1. The minimum atomic E-state index is 0.0104. The van der Waals surface area contributed by atoms with E-state index in [0.29, 0.717) is 12.2 Å². The molecular formula is C13H22N2O. The van der Waals surface area contributed by atoms with Crippen molar-refractivity contribution >= 4 is 11.7 Å². The largest absolute Gasteiger partial charge is 0.311 e. The number of amides is 1. The molecule has 1 aromatic rings. The lowest BCUT2D eigenvalue weighted by molar-refractivity contribution is -0.117. The van der Waals surface area contributed by atoms with Crippen LogP contribution in [0.4, 0.5) is 5.82 Å². The third-order valence-electron chi connectivity index (χ3n) is 1.62. The average molecular weight is 222 g/mol. The Morgan fingerprint density at radius 3 is 2.38 bits per heavy atom. The van der Waals surface area contributed by atoms with Crippen LogP contribution in [-0.2, 0) is 4.79 Å². The van der Waals surface area contributed by atoms with Gasteiger partial charge in [-0.25, -0.2) is 4.98 Å². The molecule has 0 aliphatic heterocycles. The van der Waals surface area contributed by atoms with E-state index in [9.17, 15) is 4.79 Å². The first kappa shape index (κ1) is 14.6. The number of nitrogens with one attached hydrogen (secondary N) is 1. The molecule has 90 valence electrons. The number of carbonyl (C=O) groups is 1. The maximum atomic E-state index is 11.5. The van der Waals surface area contributed by atoms with E-state index < -0.39 is 0 Å². The molecule has 1 rings (SSSR count). The predicted molar refractivity (Wildman–Crippen MR) is 68.3 cm³/mol. The lowest BCUT2D eigenvalue weighted by Crippen LogP contribution is -2.20. The van der Waals surface area contributed by atoms with Gasteiger partial charge in [0.1, 0.15) is 5.82 Å². The fraction of sp³-hybridized carbons (Fsp3) is 0.538. The van der Waals surface area contributed by atoms with Crippen LogP contribution in [0, 0.1) is 5.41 Å². The minimum Gasteiger partial charge on any atom is -0.311 e. The highest BCUT2D eigenvalue weighted by Gasteiger charge is 2.15. The van der Waals surface area contributed by atoms with Gasteiger partial charge in [-0.2, -0.15) is 0 Å². The van der Waals surface area contributed by atoms with E-state index in [-0.39, 0.29) is 11.3 Å². The molecule has 0 atom stereocenters. The first-order valence-electron chi connectivity index (χ1n) is 5.68. The Kier molecular flexibility index (Phi) is 6.38. The van der Waals surface area contributed by atoms with Crippen molar-refractivity contribution in [2.45, 2.75) is 41.0 Å². The van der Waals surface area contributed by atoms with Crippen LogP contribution in [0.25, 0.3) is 0 Å². The van der Waals surface area contributed by atoms with Crippen molar-refractivity contribution in [1.82, 2.24) is 4.98 Å². The Hall–Kier alpha value is -1.38. The van der Waals surface area contributed by atoms with Gasteiger partial charge in [-0.3, -0.25) is 4.79 Å². The number of nitrogens with zero attached hydrogens (tertiary/aromatic N) is 1. The molecule has 16 heavy (non-hydrogen) atoms. The molecule has 0 radical (unpaired) electrons. The number of hydrogen-bond acceptors (Lipinski definition) is 2. The summed E-state index contributed by atoms with van der Waals surface area (Å²) in [6.07, 6.45) is 2.16. The molecule has 0 saturated carbocycles. The van der Waals surface area contributed by atoms with Crippen LogP contribution >= 0.6 is 0 Å². The van der Waals surface area contributed by atoms with Crippen molar-refractivity contribution in [2.75, 3.05) is 5.32 Å². The van der Waals surface area contributed by atoms with E-state index in [1.165, 1.54) is 0 Å². The van der Waals surface area contributed by atoms with Gasteiger partial charge in [0.05, 0.1) is 0 Å². The van der Waals surface area contributed by atoms with Gasteiger partial charge in [0, 0.05) is 12.6 Å². The summed E-state index contributed by atoms with van der Waals surface area (Å²) >= 11 is 0. The Morgan fingerprint density at radius 1 is 1.31 bits per heavy atom. The molecule has 3 nitrogen and oxygen atoms in total. The van der Waals surface area contributed by atoms with Gasteiger partial charge in [0.15, 0.2) is 0 Å². The normalized spacial score (nSPS) is 10.1. The monoisotopic (exact) mass is 222 g/mol. The molecule has 0 aliphatic carbocycles. The zero-order chi connectivity index (χ0) is 12.6. The molecule has 1 heterocycles. The number of anilines is 1. The molecule has 1 amide bonds. The second kappa shape index (κ2) is 6.99. The van der Waals surface area contributed by atoms with E-state index in [0.717, 1.165) is 0 Å². The van der Waals surface area contributed by atoms with Gasteiger partial charge < -0.3 is 5.32 Å². The first-order chi connectivity index (χ1) is 7.47. The lowest BCUT2D eigenvalue weighted by atomic mass is 9.92. The van der Waals surface area contributed by atoms with Gasteiger partial charge in [-0.1, -0.05) is 40.7 Å². The molecule has 1 aromatic heterocycles. The summed E-state index contributed by atoms with van der Waals surface area (Å²) in [5, 5.41) is 2.75. The van der Waals surface area contributed by atoms with Gasteiger partial charge >= 0.3 is 0 Å². The van der Waals surface area contributed by atoms with Crippen LogP contribution in [0.5, 0.6) is 0 Å². The van der Waals surface area contributed by atoms with E-state index >= 15 is 0 Å². The van der Waals surface area contributed by atoms with E-state index in [4.69, 9.17) is 0 Å². The molecule has 3 heteroatoms. The van der Waals surface area contributed by atoms with Gasteiger partial charge in [-0.05, 0) is 17.5 Å². The molecule has 0 spiro atoms. The summed E-state index contributed by atoms with van der Waals surface area (Å²) in [6, 6.07) is 5.44. The zero-order valence-electron chi connectivity index (χ0n) is 10.9. The third-order valence-corrected chi connectivity index (χ3v) is 1.62. The molecule has 0 aromatic carbocycles. The molecule has 0 saturated heterocycles. The van der Waals surface area contributed by atoms with Crippen LogP contribution in [0.2, 0.25) is 0 Å². The number of hydrogen-bond donors (Lipinski definition) is 1. The van der Waals surface area contributed by atoms with Crippen molar-refractivity contribution in [1.29, 1.82) is 0 Å². The molecule has 0 fully saturated rings. The molecule has 0 aliphatic rings. The number of carbonyl (C=O) groups excluding carboxylic acids is 1. The Balaban J connectivity index is 0.00000106. The number of rotatable bonds is 2. The van der Waals surface area contributed by atoms with E-state index in [1.807, 2.05) is 46.8 Å². The Morgan fingerprint density at radius 2 is 1.94 bits per heavy atom. The van der Waals surface area contributed by atoms with Gasteiger partial charge in [0.2, 0.25) is 5.91 Å². The lowest BCUT2D eigenvalue weighted by Gasteiger charge is -2.16. The predicted octanol–water partition coefficient (Wildman–Crippen LogP) is 3.48. The first-order valence-corrected chi connectivity index (χ1v) is 5.68. The van der Waals surface area contributed by atoms with Crippen LogP contribution in [-0.4, -0.2) is 10.9 Å². The van der Waals surface area contributed by atoms with Crippen molar-refractivity contribution in [2.24, 2.45) is 5.41 Å². The fourth-order valence-electron chi connectivity index (χ4n) is 1.11. The quantitative estimate of drug-likeness (QED) is 0.832. The standard InChI is InChI=1S/C11H16N2O.C2H6/c1-11(2,3)8-10(14)13-9-6-4-5-7-12-9;1-2/h4-7H,8H2,1-3H3,(H,12,13,14);1-2H3. The van der Waals surface area contributed by atoms with Crippen LogP contribution < -0.4 is 5.32 Å². The minimum absolute atomic E-state index is 0.0104. The van der Waals surface area contributed by atoms with Gasteiger partial charge in [-0.15, -0.1) is 0 Å². The third kappa shape index (κ3) is 6.98. The van der Waals surface area contributed by atoms with Crippen LogP contribution in [0.15, 0.2) is 24.4 Å². The maximum absolute atomic E-state index is 11.5. The molecule has 1 N–H and O–H groups in total. The van der Waals surface area contributed by atoms with E-state index in [2.05, 4.69) is 10.3 Å². The number of aromatic nitrogens is 1. The van der Waals surface area contributed by atoms with Gasteiger partial charge in [0.25, 0.3) is 0 Å². The summed E-state index contributed by atoms with van der Waals surface area (Å²) in [5.41, 5.74) is 0.0128. The SMILES string of the molecule is CC.CC(C)(C)CC(=O)Nc1ccccn1. The Labute approximate surface area is 98.3 Å². The molecule has 0 unspecified atom stereocenters. The second-order valence-corrected chi connectivity index (χ2v) is 4.50. The van der Waals surface area contributed by atoms with Crippen molar-refractivity contribution < 1.29 is 4.79 Å². The summed E-state index contributed by atoms with van der Waals surface area (Å²) < 4.78 is 0. The average Bonchev–Trinajstić information content (AvgIpc) is 2.19. The van der Waals surface area contributed by atoms with Crippen molar-refractivity contribution in [3.05, 3.63) is 24.4 Å². The highest BCUT2D eigenvalue weighted by molar-refractivity contribution is 5.90. The zero-order valence-corrected chi connectivity index (χ0v) is 10.9. The Bertz CT molecular complexity index is 301. The topological polar surface area (TPSA) is 42.0 Å². The second-order valence-electron chi connectivity index (χ2n) is 4.50. The summed E-state index contributed by atoms with van der Waals surface area (Å²) in [5.74, 6) is 0.623. The van der Waals surface area contributed by atoms with Crippen molar-refractivity contribution in [3.8, 4) is 0 Å². The van der Waals surface area contributed by atoms with Crippen LogP contribution in [0.1, 0.15) is 41.0 Å². The summed E-state index contributed by atoms with van der Waals surface area (Å²) in [7, 11) is 0.